The first-order chi connectivity index (χ1) is 13.3. The number of amides is 1. The summed E-state index contributed by atoms with van der Waals surface area (Å²) in [5.41, 5.74) is 4.26. The number of aromatic nitrogens is 1. The largest absolute Gasteiger partial charge is 0.351 e. The Morgan fingerprint density at radius 1 is 1.18 bits per heavy atom. The van der Waals surface area contributed by atoms with Crippen LogP contribution < -0.4 is 5.32 Å². The molecular formula is C22H23BrN2O3. The number of Topliss-reactive ketones (excluding diaryl/α,β-unsaturated/α-hetero) is 2. The van der Waals surface area contributed by atoms with E-state index in [1.165, 1.54) is 0 Å². The number of nitrogens with one attached hydrogen (secondary N) is 1. The highest BCUT2D eigenvalue weighted by atomic mass is 79.9. The minimum atomic E-state index is -0.673. The lowest BCUT2D eigenvalue weighted by Gasteiger charge is -2.16. The van der Waals surface area contributed by atoms with E-state index in [1.54, 1.807) is 18.2 Å². The Morgan fingerprint density at radius 2 is 1.86 bits per heavy atom. The monoisotopic (exact) mass is 442 g/mol. The molecule has 1 N–H and O–H groups in total. The van der Waals surface area contributed by atoms with E-state index in [2.05, 4.69) is 26.2 Å². The van der Waals surface area contributed by atoms with Crippen molar-refractivity contribution in [2.24, 2.45) is 5.92 Å². The summed E-state index contributed by atoms with van der Waals surface area (Å²) < 4.78 is 0.586. The van der Waals surface area contributed by atoms with Crippen LogP contribution in [0, 0.1) is 26.7 Å². The van der Waals surface area contributed by atoms with Crippen LogP contribution in [0.3, 0.4) is 0 Å². The fourth-order valence-electron chi connectivity index (χ4n) is 4.03. The molecule has 1 heterocycles. The maximum atomic E-state index is 12.9. The first-order valence-corrected chi connectivity index (χ1v) is 10.1. The molecule has 0 spiro atoms. The van der Waals surface area contributed by atoms with Crippen molar-refractivity contribution in [1.29, 1.82) is 0 Å². The molecule has 2 atom stereocenters. The second kappa shape index (κ2) is 8.35. The molecule has 146 valence electrons. The third-order valence-electron chi connectivity index (χ3n) is 5.21. The molecule has 1 amide bonds. The maximum absolute atomic E-state index is 12.9. The van der Waals surface area contributed by atoms with Crippen LogP contribution in [0.5, 0.6) is 0 Å². The first-order valence-electron chi connectivity index (χ1n) is 9.33. The Morgan fingerprint density at radius 3 is 2.50 bits per heavy atom. The third kappa shape index (κ3) is 4.22. The second-order valence-electron chi connectivity index (χ2n) is 7.41. The molecule has 0 bridgehead atoms. The molecule has 3 rings (SSSR count). The SMILES string of the molecule is Cc1cc(C)c(C2C(=O)CC(CCNC(=O)c3cccc(Br)n3)C2=O)c(C)c1. The number of carbonyl (C=O) groups is 3. The van der Waals surface area contributed by atoms with Gasteiger partial charge in [-0.15, -0.1) is 0 Å². The summed E-state index contributed by atoms with van der Waals surface area (Å²) in [5, 5.41) is 2.79. The molecular weight excluding hydrogens is 420 g/mol. The molecule has 2 unspecified atom stereocenters. The van der Waals surface area contributed by atoms with Gasteiger partial charge in [-0.05, 0) is 71.9 Å². The minimum Gasteiger partial charge on any atom is -0.351 e. The van der Waals surface area contributed by atoms with Gasteiger partial charge in [0.2, 0.25) is 0 Å². The van der Waals surface area contributed by atoms with E-state index in [9.17, 15) is 14.4 Å². The predicted octanol–water partition coefficient (Wildman–Crippen LogP) is 3.83. The van der Waals surface area contributed by atoms with Crippen LogP contribution in [0.4, 0.5) is 0 Å². The van der Waals surface area contributed by atoms with Gasteiger partial charge in [0.25, 0.3) is 5.91 Å². The predicted molar refractivity (Wildman–Crippen MR) is 110 cm³/mol. The molecule has 1 aromatic heterocycles. The number of aryl methyl sites for hydroxylation is 3. The molecule has 28 heavy (non-hydrogen) atoms. The lowest BCUT2D eigenvalue weighted by Crippen LogP contribution is -2.28. The number of halogens is 1. The van der Waals surface area contributed by atoms with Crippen molar-refractivity contribution in [3.63, 3.8) is 0 Å². The molecule has 6 heteroatoms. The van der Waals surface area contributed by atoms with E-state index in [4.69, 9.17) is 0 Å². The zero-order chi connectivity index (χ0) is 20.4. The molecule has 5 nitrogen and oxygen atoms in total. The van der Waals surface area contributed by atoms with Crippen LogP contribution in [0.25, 0.3) is 0 Å². The number of ketones is 2. The molecule has 0 aliphatic heterocycles. The van der Waals surface area contributed by atoms with Gasteiger partial charge >= 0.3 is 0 Å². The van der Waals surface area contributed by atoms with Crippen LogP contribution >= 0.6 is 15.9 Å². The topological polar surface area (TPSA) is 76.1 Å². The normalized spacial score (nSPS) is 19.1. The Labute approximate surface area is 173 Å². The van der Waals surface area contributed by atoms with Gasteiger partial charge in [-0.3, -0.25) is 14.4 Å². The Kier molecular flexibility index (Phi) is 6.08. The molecule has 1 aliphatic rings. The number of carbonyl (C=O) groups excluding carboxylic acids is 3. The van der Waals surface area contributed by atoms with Crippen LogP contribution in [-0.2, 0) is 9.59 Å². The Hall–Kier alpha value is -2.34. The first kappa shape index (κ1) is 20.4. The number of rotatable bonds is 5. The number of nitrogens with zero attached hydrogens (tertiary/aromatic N) is 1. The van der Waals surface area contributed by atoms with Gasteiger partial charge in [0.15, 0.2) is 5.78 Å². The quantitative estimate of drug-likeness (QED) is 0.563. The van der Waals surface area contributed by atoms with E-state index in [-0.39, 0.29) is 29.8 Å². The van der Waals surface area contributed by atoms with Crippen molar-refractivity contribution in [3.8, 4) is 0 Å². The van der Waals surface area contributed by atoms with Crippen molar-refractivity contribution in [3.05, 3.63) is 62.9 Å². The average molecular weight is 443 g/mol. The Bertz CT molecular complexity index is 932. The molecule has 1 aliphatic carbocycles. The zero-order valence-electron chi connectivity index (χ0n) is 16.2. The Balaban J connectivity index is 1.65. The fourth-order valence-corrected chi connectivity index (χ4v) is 4.38. The number of hydrogen-bond acceptors (Lipinski definition) is 4. The third-order valence-corrected chi connectivity index (χ3v) is 5.65. The lowest BCUT2D eigenvalue weighted by atomic mass is 9.86. The van der Waals surface area contributed by atoms with Gasteiger partial charge in [0.1, 0.15) is 22.0 Å². The molecule has 0 saturated heterocycles. The highest BCUT2D eigenvalue weighted by Crippen LogP contribution is 2.37. The summed E-state index contributed by atoms with van der Waals surface area (Å²) in [4.78, 5) is 41.9. The van der Waals surface area contributed by atoms with Crippen LogP contribution in [0.1, 0.15) is 51.5 Å². The van der Waals surface area contributed by atoms with Gasteiger partial charge in [-0.1, -0.05) is 23.8 Å². The maximum Gasteiger partial charge on any atom is 0.269 e. The van der Waals surface area contributed by atoms with Crippen molar-refractivity contribution < 1.29 is 14.4 Å². The van der Waals surface area contributed by atoms with Crippen molar-refractivity contribution in [1.82, 2.24) is 10.3 Å². The molecule has 1 aromatic carbocycles. The summed E-state index contributed by atoms with van der Waals surface area (Å²) in [6.07, 6.45) is 0.687. The second-order valence-corrected chi connectivity index (χ2v) is 8.22. The smallest absolute Gasteiger partial charge is 0.269 e. The molecule has 2 aromatic rings. The van der Waals surface area contributed by atoms with Crippen LogP contribution in [-0.4, -0.2) is 29.0 Å². The van der Waals surface area contributed by atoms with Gasteiger partial charge in [0, 0.05) is 18.9 Å². The van der Waals surface area contributed by atoms with Crippen LogP contribution in [0.2, 0.25) is 0 Å². The van der Waals surface area contributed by atoms with E-state index in [0.717, 1.165) is 22.3 Å². The molecule has 0 radical (unpaired) electrons. The van der Waals surface area contributed by atoms with Gasteiger partial charge < -0.3 is 5.32 Å². The standard InChI is InChI=1S/C22H23BrN2O3/c1-12-9-13(2)19(14(3)10-12)20-17(26)11-15(21(20)27)7-8-24-22(28)16-5-4-6-18(23)25-16/h4-6,9-10,15,20H,7-8,11H2,1-3H3,(H,24,28). The van der Waals surface area contributed by atoms with Gasteiger partial charge in [0.05, 0.1) is 0 Å². The van der Waals surface area contributed by atoms with Gasteiger partial charge in [-0.2, -0.15) is 0 Å². The van der Waals surface area contributed by atoms with E-state index >= 15 is 0 Å². The zero-order valence-corrected chi connectivity index (χ0v) is 17.8. The van der Waals surface area contributed by atoms with E-state index < -0.39 is 5.92 Å². The van der Waals surface area contributed by atoms with E-state index in [0.29, 0.717) is 23.3 Å². The minimum absolute atomic E-state index is 0.0231. The summed E-state index contributed by atoms with van der Waals surface area (Å²) in [7, 11) is 0. The highest BCUT2D eigenvalue weighted by molar-refractivity contribution is 9.10. The highest BCUT2D eigenvalue weighted by Gasteiger charge is 2.42. The van der Waals surface area contributed by atoms with Crippen molar-refractivity contribution >= 4 is 33.4 Å². The van der Waals surface area contributed by atoms with Crippen molar-refractivity contribution in [2.45, 2.75) is 39.5 Å². The summed E-state index contributed by atoms with van der Waals surface area (Å²) >= 11 is 3.24. The summed E-state index contributed by atoms with van der Waals surface area (Å²) in [6.45, 7) is 6.24. The van der Waals surface area contributed by atoms with Crippen LogP contribution in [0.15, 0.2) is 34.9 Å². The lowest BCUT2D eigenvalue weighted by molar-refractivity contribution is -0.124. The van der Waals surface area contributed by atoms with E-state index in [1.807, 2.05) is 32.9 Å². The van der Waals surface area contributed by atoms with Gasteiger partial charge in [-0.25, -0.2) is 4.98 Å². The van der Waals surface area contributed by atoms with Crippen molar-refractivity contribution in [2.75, 3.05) is 6.54 Å². The summed E-state index contributed by atoms with van der Waals surface area (Å²) in [5.74, 6) is -1.37. The number of pyridine rings is 1. The number of hydrogen-bond donors (Lipinski definition) is 1. The fraction of sp³-hybridized carbons (Fsp3) is 0.364. The molecule has 1 fully saturated rings. The summed E-state index contributed by atoms with van der Waals surface area (Å²) in [6, 6.07) is 9.14. The molecule has 1 saturated carbocycles. The average Bonchev–Trinajstić information content (AvgIpc) is 2.89. The number of benzene rings is 1.